The van der Waals surface area contributed by atoms with Gasteiger partial charge >= 0.3 is 0 Å². The fourth-order valence-electron chi connectivity index (χ4n) is 7.92. The summed E-state index contributed by atoms with van der Waals surface area (Å²) in [5.74, 6) is 0.684. The van der Waals surface area contributed by atoms with Gasteiger partial charge in [0.25, 0.3) is 0 Å². The third kappa shape index (κ3) is 4.25. The van der Waals surface area contributed by atoms with E-state index in [4.69, 9.17) is 9.97 Å². The van der Waals surface area contributed by atoms with Crippen LogP contribution in [-0.4, -0.2) is 19.1 Å². The summed E-state index contributed by atoms with van der Waals surface area (Å²) in [6.45, 7) is 0. The van der Waals surface area contributed by atoms with Crippen molar-refractivity contribution < 1.29 is 0 Å². The van der Waals surface area contributed by atoms with Crippen LogP contribution in [0.25, 0.3) is 97.8 Å². The molecule has 0 saturated heterocycles. The maximum atomic E-state index is 5.31. The molecule has 4 heterocycles. The van der Waals surface area contributed by atoms with Gasteiger partial charge in [0.1, 0.15) is 0 Å². The first-order valence-electron chi connectivity index (χ1n) is 17.2. The highest BCUT2D eigenvalue weighted by molar-refractivity contribution is 7.25. The molecule has 51 heavy (non-hydrogen) atoms. The first-order valence-corrected chi connectivity index (χ1v) is 18.0. The van der Waals surface area contributed by atoms with Gasteiger partial charge in [0, 0.05) is 37.2 Å². The van der Waals surface area contributed by atoms with Crippen LogP contribution in [-0.2, 0) is 0 Å². The van der Waals surface area contributed by atoms with Gasteiger partial charge in [0.05, 0.1) is 44.2 Å². The molecule has 238 valence electrons. The molecule has 0 aliphatic heterocycles. The fourth-order valence-corrected chi connectivity index (χ4v) is 8.91. The van der Waals surface area contributed by atoms with Gasteiger partial charge in [-0.25, -0.2) is 9.97 Å². The van der Waals surface area contributed by atoms with Crippen molar-refractivity contribution in [1.82, 2.24) is 19.1 Å². The maximum Gasteiger partial charge on any atom is 0.235 e. The molecule has 4 aromatic heterocycles. The van der Waals surface area contributed by atoms with E-state index >= 15 is 0 Å². The highest BCUT2D eigenvalue weighted by Crippen LogP contribution is 2.41. The summed E-state index contributed by atoms with van der Waals surface area (Å²) in [5, 5.41) is 6.03. The summed E-state index contributed by atoms with van der Waals surface area (Å²) < 4.78 is 6.90. The van der Waals surface area contributed by atoms with E-state index in [9.17, 15) is 0 Å². The van der Waals surface area contributed by atoms with Crippen molar-refractivity contribution in [2.24, 2.45) is 0 Å². The Morgan fingerprint density at radius 3 is 1.59 bits per heavy atom. The van der Waals surface area contributed by atoms with Crippen molar-refractivity contribution in [3.63, 3.8) is 0 Å². The minimum atomic E-state index is 0.684. The predicted octanol–water partition coefficient (Wildman–Crippen LogP) is 12.4. The lowest BCUT2D eigenvalue weighted by Crippen LogP contribution is -2.00. The van der Waals surface area contributed by atoms with Crippen molar-refractivity contribution in [1.29, 1.82) is 0 Å². The largest absolute Gasteiger partial charge is 0.309 e. The van der Waals surface area contributed by atoms with Gasteiger partial charge in [-0.05, 0) is 59.2 Å². The van der Waals surface area contributed by atoms with Gasteiger partial charge in [-0.3, -0.25) is 4.57 Å². The lowest BCUT2D eigenvalue weighted by atomic mass is 9.97. The van der Waals surface area contributed by atoms with Crippen LogP contribution >= 0.6 is 11.3 Å². The Balaban J connectivity index is 1.16. The molecule has 0 atom stereocenters. The summed E-state index contributed by atoms with van der Waals surface area (Å²) >= 11 is 1.74. The van der Waals surface area contributed by atoms with E-state index in [1.807, 2.05) is 6.20 Å². The minimum Gasteiger partial charge on any atom is -0.309 e. The number of thiophene rings is 1. The Morgan fingerprint density at radius 1 is 0.412 bits per heavy atom. The predicted molar refractivity (Wildman–Crippen MR) is 214 cm³/mol. The molecule has 11 aromatic rings. The van der Waals surface area contributed by atoms with Gasteiger partial charge < -0.3 is 4.57 Å². The van der Waals surface area contributed by atoms with Crippen molar-refractivity contribution in [3.05, 3.63) is 170 Å². The number of fused-ring (bicyclic) bond motifs is 9. The molecule has 0 N–H and O–H groups in total. The Morgan fingerprint density at radius 2 is 0.961 bits per heavy atom. The summed E-state index contributed by atoms with van der Waals surface area (Å²) in [6.07, 6.45) is 1.99. The average molecular weight is 669 g/mol. The number of hydrogen-bond donors (Lipinski definition) is 0. The first kappa shape index (κ1) is 28.3. The number of benzene rings is 7. The van der Waals surface area contributed by atoms with Crippen LogP contribution < -0.4 is 0 Å². The summed E-state index contributed by atoms with van der Waals surface area (Å²) in [5.41, 5.74) is 11.4. The van der Waals surface area contributed by atoms with E-state index in [-0.39, 0.29) is 0 Å². The van der Waals surface area contributed by atoms with Crippen LogP contribution in [0.1, 0.15) is 0 Å². The molecule has 0 aliphatic carbocycles. The molecular weight excluding hydrogens is 641 g/mol. The number of para-hydroxylation sites is 4. The Hall–Kier alpha value is -6.56. The highest BCUT2D eigenvalue weighted by Gasteiger charge is 2.19. The standard InChI is InChI=1S/C46H28N4S/c1-2-12-29(13-3-1)30-22-24-32(42(27-30)49-38-18-8-4-14-33(38)34-15-5-9-19-39(34)49)31-23-25-43-37(26-31)45-44(51-43)28-47-46(48-45)50-40-20-10-6-16-35(40)36-17-7-11-21-41(36)50/h1-28H. The first-order chi connectivity index (χ1) is 25.3. The molecule has 0 spiro atoms. The van der Waals surface area contributed by atoms with E-state index in [0.29, 0.717) is 5.95 Å². The van der Waals surface area contributed by atoms with Crippen LogP contribution in [0.4, 0.5) is 0 Å². The smallest absolute Gasteiger partial charge is 0.235 e. The molecule has 7 aromatic carbocycles. The van der Waals surface area contributed by atoms with Gasteiger partial charge in [-0.1, -0.05) is 121 Å². The lowest BCUT2D eigenvalue weighted by Gasteiger charge is -2.16. The molecule has 0 radical (unpaired) electrons. The second-order valence-electron chi connectivity index (χ2n) is 13.0. The Kier molecular flexibility index (Phi) is 6.09. The average Bonchev–Trinajstić information content (AvgIpc) is 3.85. The van der Waals surface area contributed by atoms with Gasteiger partial charge in [0.15, 0.2) is 0 Å². The normalized spacial score (nSPS) is 11.9. The molecule has 0 bridgehead atoms. The molecule has 0 fully saturated rings. The van der Waals surface area contributed by atoms with Crippen LogP contribution in [0, 0.1) is 0 Å². The Labute approximate surface area is 297 Å². The van der Waals surface area contributed by atoms with Crippen LogP contribution in [0.15, 0.2) is 170 Å². The third-order valence-electron chi connectivity index (χ3n) is 10.2. The third-order valence-corrected chi connectivity index (χ3v) is 11.3. The summed E-state index contributed by atoms with van der Waals surface area (Å²) in [7, 11) is 0. The van der Waals surface area contributed by atoms with Gasteiger partial charge in [-0.15, -0.1) is 11.3 Å². The number of nitrogens with zero attached hydrogens (tertiary/aromatic N) is 4. The zero-order valence-corrected chi connectivity index (χ0v) is 28.2. The monoisotopic (exact) mass is 668 g/mol. The molecule has 0 aliphatic rings. The van der Waals surface area contributed by atoms with Crippen molar-refractivity contribution in [3.8, 4) is 33.9 Å². The number of rotatable bonds is 4. The van der Waals surface area contributed by atoms with Crippen LogP contribution in [0.2, 0.25) is 0 Å². The fraction of sp³-hybridized carbons (Fsp3) is 0. The maximum absolute atomic E-state index is 5.31. The van der Waals surface area contributed by atoms with E-state index < -0.39 is 0 Å². The zero-order chi connectivity index (χ0) is 33.5. The summed E-state index contributed by atoms with van der Waals surface area (Å²) in [4.78, 5) is 10.2. The molecule has 0 amide bonds. The SMILES string of the molecule is c1ccc(-c2ccc(-c3ccc4sc5cnc(-n6c7ccccc7c7ccccc76)nc5c4c3)c(-n3c4ccccc4c4ccccc43)c2)cc1. The molecular formula is C46H28N4S. The molecule has 0 saturated carbocycles. The summed E-state index contributed by atoms with van der Waals surface area (Å²) in [6, 6.07) is 58.8. The van der Waals surface area contributed by atoms with E-state index in [1.54, 1.807) is 11.3 Å². The molecule has 11 rings (SSSR count). The topological polar surface area (TPSA) is 35.6 Å². The number of aromatic nitrogens is 4. The number of hydrogen-bond acceptors (Lipinski definition) is 3. The van der Waals surface area contributed by atoms with E-state index in [0.717, 1.165) is 37.9 Å². The molecule has 4 nitrogen and oxygen atoms in total. The van der Waals surface area contributed by atoms with Gasteiger partial charge in [0.2, 0.25) is 5.95 Å². The van der Waals surface area contributed by atoms with Crippen molar-refractivity contribution in [2.45, 2.75) is 0 Å². The zero-order valence-electron chi connectivity index (χ0n) is 27.4. The van der Waals surface area contributed by atoms with Crippen LogP contribution in [0.5, 0.6) is 0 Å². The quantitative estimate of drug-likeness (QED) is 0.187. The van der Waals surface area contributed by atoms with E-state index in [1.165, 1.54) is 54.0 Å². The lowest BCUT2D eigenvalue weighted by molar-refractivity contribution is 1.01. The van der Waals surface area contributed by atoms with Gasteiger partial charge in [-0.2, -0.15) is 0 Å². The van der Waals surface area contributed by atoms with E-state index in [2.05, 4.69) is 173 Å². The van der Waals surface area contributed by atoms with Crippen molar-refractivity contribution in [2.75, 3.05) is 0 Å². The van der Waals surface area contributed by atoms with Crippen LogP contribution in [0.3, 0.4) is 0 Å². The second-order valence-corrected chi connectivity index (χ2v) is 14.1. The van der Waals surface area contributed by atoms with Crippen molar-refractivity contribution >= 4 is 75.3 Å². The second kappa shape index (κ2) is 11.0. The Bertz CT molecular complexity index is 3040. The molecule has 5 heteroatoms. The minimum absolute atomic E-state index is 0.684. The highest BCUT2D eigenvalue weighted by atomic mass is 32.1. The molecule has 0 unspecified atom stereocenters.